The second-order valence-electron chi connectivity index (χ2n) is 4.40. The highest BCUT2D eigenvalue weighted by Crippen LogP contribution is 2.23. The van der Waals surface area contributed by atoms with Crippen LogP contribution in [0.5, 0.6) is 0 Å². The van der Waals surface area contributed by atoms with Crippen LogP contribution in [0.15, 0.2) is 0 Å². The van der Waals surface area contributed by atoms with Crippen LogP contribution in [0, 0.1) is 17.8 Å². The molecule has 0 aromatic rings. The Hall–Kier alpha value is 0.480. The van der Waals surface area contributed by atoms with Crippen molar-refractivity contribution < 1.29 is 0 Å². The Morgan fingerprint density at radius 1 is 1.08 bits per heavy atom. The van der Waals surface area contributed by atoms with Crippen LogP contribution in [0.3, 0.4) is 0 Å². The fourth-order valence-electron chi connectivity index (χ4n) is 1.62. The normalized spacial score (nSPS) is 16.5. The summed E-state index contributed by atoms with van der Waals surface area (Å²) in [6.07, 6.45) is 4.08. The van der Waals surface area contributed by atoms with Gasteiger partial charge in [-0.3, -0.25) is 0 Å². The van der Waals surface area contributed by atoms with Gasteiger partial charge in [-0.05, 0) is 30.6 Å². The lowest BCUT2D eigenvalue weighted by molar-refractivity contribution is 0.356. The lowest BCUT2D eigenvalue weighted by Crippen LogP contribution is -2.10. The molecule has 2 unspecified atom stereocenters. The summed E-state index contributed by atoms with van der Waals surface area (Å²) in [5.74, 6) is 2.63. The molecule has 0 aromatic heterocycles. The summed E-state index contributed by atoms with van der Waals surface area (Å²) in [4.78, 5) is 0. The minimum Gasteiger partial charge on any atom is -0.0925 e. The zero-order valence-corrected chi connectivity index (χ0v) is 10.5. The number of hydrogen-bond acceptors (Lipinski definition) is 0. The third-order valence-electron chi connectivity index (χ3n) is 2.46. The standard InChI is InChI=1S/C11H23Br/c1-5-10(4)7-11(8-12)6-9(2)3/h9-11H,5-8H2,1-4H3. The molecule has 0 saturated heterocycles. The average molecular weight is 235 g/mol. The van der Waals surface area contributed by atoms with E-state index >= 15 is 0 Å². The lowest BCUT2D eigenvalue weighted by Gasteiger charge is -2.19. The first-order valence-corrected chi connectivity index (χ1v) is 6.28. The van der Waals surface area contributed by atoms with Gasteiger partial charge in [-0.15, -0.1) is 0 Å². The van der Waals surface area contributed by atoms with E-state index in [0.717, 1.165) is 17.8 Å². The van der Waals surface area contributed by atoms with Crippen molar-refractivity contribution in [2.75, 3.05) is 5.33 Å². The second kappa shape index (κ2) is 6.94. The van der Waals surface area contributed by atoms with Crippen LogP contribution in [0.25, 0.3) is 0 Å². The van der Waals surface area contributed by atoms with E-state index in [1.54, 1.807) is 0 Å². The Balaban J connectivity index is 3.66. The molecule has 2 atom stereocenters. The van der Waals surface area contributed by atoms with E-state index in [-0.39, 0.29) is 0 Å². The highest BCUT2D eigenvalue weighted by molar-refractivity contribution is 9.09. The molecule has 0 saturated carbocycles. The van der Waals surface area contributed by atoms with Crippen LogP contribution < -0.4 is 0 Å². The maximum absolute atomic E-state index is 3.60. The van der Waals surface area contributed by atoms with Gasteiger partial charge in [-0.1, -0.05) is 50.0 Å². The van der Waals surface area contributed by atoms with E-state index in [0.29, 0.717) is 0 Å². The number of rotatable bonds is 6. The zero-order chi connectivity index (χ0) is 9.56. The second-order valence-corrected chi connectivity index (χ2v) is 5.05. The van der Waals surface area contributed by atoms with Crippen LogP contribution >= 0.6 is 15.9 Å². The van der Waals surface area contributed by atoms with Gasteiger partial charge in [0.05, 0.1) is 0 Å². The Morgan fingerprint density at radius 3 is 2.00 bits per heavy atom. The molecule has 0 nitrogen and oxygen atoms in total. The quantitative estimate of drug-likeness (QED) is 0.595. The average Bonchev–Trinajstić information content (AvgIpc) is 2.02. The molecule has 0 aliphatic heterocycles. The first-order valence-electron chi connectivity index (χ1n) is 5.16. The van der Waals surface area contributed by atoms with Crippen molar-refractivity contribution in [1.29, 1.82) is 0 Å². The summed E-state index contributed by atoms with van der Waals surface area (Å²) in [5, 5.41) is 1.18. The third-order valence-corrected chi connectivity index (χ3v) is 3.37. The van der Waals surface area contributed by atoms with Gasteiger partial charge in [-0.2, -0.15) is 0 Å². The predicted molar refractivity (Wildman–Crippen MR) is 60.8 cm³/mol. The summed E-state index contributed by atoms with van der Waals surface area (Å²) in [6.45, 7) is 9.26. The molecule has 0 heterocycles. The third kappa shape index (κ3) is 6.05. The molecule has 74 valence electrons. The number of alkyl halides is 1. The van der Waals surface area contributed by atoms with Gasteiger partial charge in [0.25, 0.3) is 0 Å². The van der Waals surface area contributed by atoms with Crippen molar-refractivity contribution in [2.45, 2.75) is 47.0 Å². The SMILES string of the molecule is CCC(C)CC(CBr)CC(C)C. The Bertz CT molecular complexity index is 99.2. The van der Waals surface area contributed by atoms with Gasteiger partial charge in [0.15, 0.2) is 0 Å². The molecule has 0 radical (unpaired) electrons. The van der Waals surface area contributed by atoms with E-state index in [9.17, 15) is 0 Å². The molecule has 0 aliphatic rings. The molecule has 12 heavy (non-hydrogen) atoms. The summed E-state index contributed by atoms with van der Waals surface area (Å²) < 4.78 is 0. The molecule has 0 aliphatic carbocycles. The van der Waals surface area contributed by atoms with Gasteiger partial charge in [0, 0.05) is 5.33 Å². The summed E-state index contributed by atoms with van der Waals surface area (Å²) >= 11 is 3.60. The van der Waals surface area contributed by atoms with Crippen molar-refractivity contribution in [3.8, 4) is 0 Å². The van der Waals surface area contributed by atoms with E-state index in [1.165, 1.54) is 24.6 Å². The molecule has 0 amide bonds. The number of halogens is 1. The maximum Gasteiger partial charge on any atom is 0.00598 e. The lowest BCUT2D eigenvalue weighted by atomic mass is 9.89. The summed E-state index contributed by atoms with van der Waals surface area (Å²) in [6, 6.07) is 0. The van der Waals surface area contributed by atoms with E-state index in [1.807, 2.05) is 0 Å². The van der Waals surface area contributed by atoms with E-state index in [2.05, 4.69) is 43.6 Å². The molecule has 0 N–H and O–H groups in total. The highest BCUT2D eigenvalue weighted by atomic mass is 79.9. The van der Waals surface area contributed by atoms with Crippen molar-refractivity contribution in [3.05, 3.63) is 0 Å². The smallest absolute Gasteiger partial charge is 0.00598 e. The Morgan fingerprint density at radius 2 is 1.67 bits per heavy atom. The molecule has 0 fully saturated rings. The fourth-order valence-corrected chi connectivity index (χ4v) is 2.15. The highest BCUT2D eigenvalue weighted by Gasteiger charge is 2.12. The van der Waals surface area contributed by atoms with Crippen LogP contribution in [0.4, 0.5) is 0 Å². The topological polar surface area (TPSA) is 0 Å². The molecule has 0 bridgehead atoms. The van der Waals surface area contributed by atoms with Crippen molar-refractivity contribution in [2.24, 2.45) is 17.8 Å². The van der Waals surface area contributed by atoms with Crippen LogP contribution in [-0.2, 0) is 0 Å². The van der Waals surface area contributed by atoms with Gasteiger partial charge in [0.1, 0.15) is 0 Å². The predicted octanol–water partition coefficient (Wildman–Crippen LogP) is 4.48. The van der Waals surface area contributed by atoms with Crippen molar-refractivity contribution in [3.63, 3.8) is 0 Å². The monoisotopic (exact) mass is 234 g/mol. The minimum atomic E-state index is 0.844. The van der Waals surface area contributed by atoms with Gasteiger partial charge < -0.3 is 0 Å². The molecular weight excluding hydrogens is 212 g/mol. The van der Waals surface area contributed by atoms with Gasteiger partial charge in [0.2, 0.25) is 0 Å². The van der Waals surface area contributed by atoms with Crippen molar-refractivity contribution >= 4 is 15.9 Å². The maximum atomic E-state index is 3.60. The zero-order valence-electron chi connectivity index (χ0n) is 8.94. The molecule has 1 heteroatoms. The van der Waals surface area contributed by atoms with E-state index < -0.39 is 0 Å². The fraction of sp³-hybridized carbons (Fsp3) is 1.00. The Kier molecular flexibility index (Phi) is 7.22. The van der Waals surface area contributed by atoms with Crippen LogP contribution in [0.2, 0.25) is 0 Å². The van der Waals surface area contributed by atoms with Crippen LogP contribution in [0.1, 0.15) is 47.0 Å². The number of hydrogen-bond donors (Lipinski definition) is 0. The van der Waals surface area contributed by atoms with Crippen molar-refractivity contribution in [1.82, 2.24) is 0 Å². The van der Waals surface area contributed by atoms with Gasteiger partial charge in [-0.25, -0.2) is 0 Å². The largest absolute Gasteiger partial charge is 0.0925 e. The van der Waals surface area contributed by atoms with Gasteiger partial charge >= 0.3 is 0 Å². The Labute approximate surface area is 86.3 Å². The first-order chi connectivity index (χ1) is 5.60. The molecule has 0 aromatic carbocycles. The summed E-state index contributed by atoms with van der Waals surface area (Å²) in [7, 11) is 0. The first kappa shape index (κ1) is 12.5. The minimum absolute atomic E-state index is 0.844. The molecule has 0 spiro atoms. The van der Waals surface area contributed by atoms with E-state index in [4.69, 9.17) is 0 Å². The summed E-state index contributed by atoms with van der Waals surface area (Å²) in [5.41, 5.74) is 0. The van der Waals surface area contributed by atoms with Crippen LogP contribution in [-0.4, -0.2) is 5.33 Å². The molecular formula is C11H23Br. The molecule has 0 rings (SSSR count).